The van der Waals surface area contributed by atoms with Gasteiger partial charge in [0.05, 0.1) is 5.56 Å². The van der Waals surface area contributed by atoms with E-state index in [4.69, 9.17) is 5.73 Å². The van der Waals surface area contributed by atoms with Crippen molar-refractivity contribution in [2.24, 2.45) is 5.73 Å². The second-order valence-electron chi connectivity index (χ2n) is 4.04. The highest BCUT2D eigenvalue weighted by atomic mass is 19.4. The standard InChI is InChI=1S/C12H13F4N/c1-7(2)3-11(17)8-4-9(12(14,15)16)6-10(13)5-8/h4-6,11H,1,3,17H2,2H3/t11-/m1/s1. The highest BCUT2D eigenvalue weighted by molar-refractivity contribution is 5.29. The van der Waals surface area contributed by atoms with Crippen LogP contribution in [-0.4, -0.2) is 0 Å². The van der Waals surface area contributed by atoms with E-state index >= 15 is 0 Å². The Kier molecular flexibility index (Phi) is 3.93. The number of alkyl halides is 3. The Bertz CT molecular complexity index is 423. The Morgan fingerprint density at radius 3 is 2.41 bits per heavy atom. The minimum atomic E-state index is -4.57. The summed E-state index contributed by atoms with van der Waals surface area (Å²) in [6, 6.07) is 1.67. The second-order valence-corrected chi connectivity index (χ2v) is 4.04. The fraction of sp³-hybridized carbons (Fsp3) is 0.333. The molecule has 1 nitrogen and oxygen atoms in total. The van der Waals surface area contributed by atoms with Crippen molar-refractivity contribution in [2.45, 2.75) is 25.6 Å². The van der Waals surface area contributed by atoms with Gasteiger partial charge < -0.3 is 5.73 Å². The Labute approximate surface area is 96.9 Å². The second kappa shape index (κ2) is 4.87. The van der Waals surface area contributed by atoms with E-state index in [1.807, 2.05) is 0 Å². The van der Waals surface area contributed by atoms with Gasteiger partial charge in [-0.15, -0.1) is 6.58 Å². The molecular weight excluding hydrogens is 234 g/mol. The lowest BCUT2D eigenvalue weighted by molar-refractivity contribution is -0.137. The Morgan fingerprint density at radius 2 is 1.94 bits per heavy atom. The lowest BCUT2D eigenvalue weighted by atomic mass is 9.99. The molecule has 0 fully saturated rings. The van der Waals surface area contributed by atoms with Crippen LogP contribution in [0.4, 0.5) is 17.6 Å². The molecule has 0 aromatic heterocycles. The predicted molar refractivity (Wildman–Crippen MR) is 57.8 cm³/mol. The van der Waals surface area contributed by atoms with Gasteiger partial charge >= 0.3 is 6.18 Å². The smallest absolute Gasteiger partial charge is 0.324 e. The quantitative estimate of drug-likeness (QED) is 0.638. The molecule has 2 N–H and O–H groups in total. The molecule has 1 aromatic carbocycles. The first-order valence-electron chi connectivity index (χ1n) is 4.98. The molecule has 1 atom stereocenters. The maximum absolute atomic E-state index is 13.1. The maximum Gasteiger partial charge on any atom is 0.416 e. The third-order valence-corrected chi connectivity index (χ3v) is 2.24. The molecule has 0 unspecified atom stereocenters. The van der Waals surface area contributed by atoms with Gasteiger partial charge in [0.15, 0.2) is 0 Å². The summed E-state index contributed by atoms with van der Waals surface area (Å²) in [5.41, 5.74) is 5.52. The van der Waals surface area contributed by atoms with Crippen LogP contribution in [0.2, 0.25) is 0 Å². The molecule has 0 amide bonds. The fourth-order valence-corrected chi connectivity index (χ4v) is 1.48. The van der Waals surface area contributed by atoms with E-state index in [1.165, 1.54) is 0 Å². The molecule has 0 aliphatic rings. The van der Waals surface area contributed by atoms with E-state index in [0.29, 0.717) is 12.5 Å². The third-order valence-electron chi connectivity index (χ3n) is 2.24. The highest BCUT2D eigenvalue weighted by Crippen LogP contribution is 2.32. The summed E-state index contributed by atoms with van der Waals surface area (Å²) >= 11 is 0. The van der Waals surface area contributed by atoms with Crippen LogP contribution < -0.4 is 5.73 Å². The zero-order valence-electron chi connectivity index (χ0n) is 9.31. The van der Waals surface area contributed by atoms with E-state index in [-0.39, 0.29) is 5.56 Å². The van der Waals surface area contributed by atoms with Crippen molar-refractivity contribution in [3.8, 4) is 0 Å². The molecule has 0 heterocycles. The van der Waals surface area contributed by atoms with Crippen molar-refractivity contribution in [3.63, 3.8) is 0 Å². The van der Waals surface area contributed by atoms with E-state index in [2.05, 4.69) is 6.58 Å². The predicted octanol–water partition coefficient (Wildman–Crippen LogP) is 3.81. The molecule has 0 saturated heterocycles. The van der Waals surface area contributed by atoms with E-state index < -0.39 is 23.6 Å². The molecule has 1 rings (SSSR count). The van der Waals surface area contributed by atoms with Crippen LogP contribution in [-0.2, 0) is 6.18 Å². The fourth-order valence-electron chi connectivity index (χ4n) is 1.48. The normalized spacial score (nSPS) is 13.5. The number of nitrogens with two attached hydrogens (primary N) is 1. The molecule has 1 aromatic rings. The van der Waals surface area contributed by atoms with E-state index in [0.717, 1.165) is 17.7 Å². The van der Waals surface area contributed by atoms with Crippen molar-refractivity contribution >= 4 is 0 Å². The largest absolute Gasteiger partial charge is 0.416 e. The third kappa shape index (κ3) is 3.85. The van der Waals surface area contributed by atoms with Gasteiger partial charge in [0.25, 0.3) is 0 Å². The monoisotopic (exact) mass is 247 g/mol. The number of hydrogen-bond donors (Lipinski definition) is 1. The molecule has 17 heavy (non-hydrogen) atoms. The molecule has 0 spiro atoms. The van der Waals surface area contributed by atoms with Gasteiger partial charge in [-0.25, -0.2) is 4.39 Å². The van der Waals surface area contributed by atoms with Gasteiger partial charge in [0.2, 0.25) is 0 Å². The molecule has 5 heteroatoms. The highest BCUT2D eigenvalue weighted by Gasteiger charge is 2.31. The Hall–Kier alpha value is -1.36. The van der Waals surface area contributed by atoms with Crippen LogP contribution >= 0.6 is 0 Å². The maximum atomic E-state index is 13.1. The van der Waals surface area contributed by atoms with Crippen LogP contribution in [0.25, 0.3) is 0 Å². The first kappa shape index (κ1) is 13.7. The molecule has 0 bridgehead atoms. The zero-order chi connectivity index (χ0) is 13.2. The van der Waals surface area contributed by atoms with Gasteiger partial charge in [-0.3, -0.25) is 0 Å². The zero-order valence-corrected chi connectivity index (χ0v) is 9.31. The minimum Gasteiger partial charge on any atom is -0.324 e. The van der Waals surface area contributed by atoms with Crippen LogP contribution in [0.15, 0.2) is 30.4 Å². The van der Waals surface area contributed by atoms with Crippen molar-refractivity contribution in [1.82, 2.24) is 0 Å². The van der Waals surface area contributed by atoms with Gasteiger partial charge in [0, 0.05) is 6.04 Å². The summed E-state index contributed by atoms with van der Waals surface area (Å²) in [7, 11) is 0. The van der Waals surface area contributed by atoms with Crippen molar-refractivity contribution in [3.05, 3.63) is 47.3 Å². The molecule has 94 valence electrons. The summed E-state index contributed by atoms with van der Waals surface area (Å²) in [6.45, 7) is 5.33. The lowest BCUT2D eigenvalue weighted by Gasteiger charge is -2.15. The summed E-state index contributed by atoms with van der Waals surface area (Å²) < 4.78 is 50.4. The lowest BCUT2D eigenvalue weighted by Crippen LogP contribution is -2.13. The van der Waals surface area contributed by atoms with E-state index in [1.54, 1.807) is 6.92 Å². The van der Waals surface area contributed by atoms with Crippen molar-refractivity contribution in [1.29, 1.82) is 0 Å². The Balaban J connectivity index is 3.09. The number of benzene rings is 1. The van der Waals surface area contributed by atoms with Gasteiger partial charge in [0.1, 0.15) is 5.82 Å². The average molecular weight is 247 g/mol. The summed E-state index contributed by atoms with van der Waals surface area (Å²) in [5.74, 6) is -0.938. The van der Waals surface area contributed by atoms with Gasteiger partial charge in [-0.1, -0.05) is 5.57 Å². The minimum absolute atomic E-state index is 0.125. The molecule has 0 radical (unpaired) electrons. The van der Waals surface area contributed by atoms with Crippen LogP contribution in [0.5, 0.6) is 0 Å². The van der Waals surface area contributed by atoms with Crippen molar-refractivity contribution < 1.29 is 17.6 Å². The molecule has 0 aliphatic carbocycles. The Morgan fingerprint density at radius 1 is 1.35 bits per heavy atom. The number of rotatable bonds is 3. The van der Waals surface area contributed by atoms with Gasteiger partial charge in [-0.2, -0.15) is 13.2 Å². The molecule has 0 saturated carbocycles. The first-order chi connectivity index (χ1) is 7.70. The summed E-state index contributed by atoms with van der Waals surface area (Å²) in [4.78, 5) is 0. The average Bonchev–Trinajstić information content (AvgIpc) is 2.14. The first-order valence-corrected chi connectivity index (χ1v) is 4.98. The molecular formula is C12H13F4N. The topological polar surface area (TPSA) is 26.0 Å². The van der Waals surface area contributed by atoms with Gasteiger partial charge in [-0.05, 0) is 37.1 Å². The number of hydrogen-bond acceptors (Lipinski definition) is 1. The molecule has 0 aliphatic heterocycles. The summed E-state index contributed by atoms with van der Waals surface area (Å²) in [5, 5.41) is 0. The van der Waals surface area contributed by atoms with Crippen LogP contribution in [0.3, 0.4) is 0 Å². The summed E-state index contributed by atoms with van der Waals surface area (Å²) in [6.07, 6.45) is -4.25. The van der Waals surface area contributed by atoms with E-state index in [9.17, 15) is 17.6 Å². The van der Waals surface area contributed by atoms with Crippen molar-refractivity contribution in [2.75, 3.05) is 0 Å². The SMILES string of the molecule is C=C(C)C[C@@H](N)c1cc(F)cc(C(F)(F)F)c1. The number of halogens is 4. The van der Waals surface area contributed by atoms with Crippen LogP contribution in [0, 0.1) is 5.82 Å². The van der Waals surface area contributed by atoms with Crippen LogP contribution in [0.1, 0.15) is 30.5 Å².